The molecule has 0 bridgehead atoms. The number of imidazole rings is 1. The predicted molar refractivity (Wildman–Crippen MR) is 118 cm³/mol. The second kappa shape index (κ2) is 9.20. The fraction of sp³-hybridized carbons (Fsp3) is 0.700. The van der Waals surface area contributed by atoms with Gasteiger partial charge >= 0.3 is 13.8 Å². The Morgan fingerprint density at radius 1 is 1.36 bits per heavy atom. The Hall–Kier alpha value is -1.62. The number of carbonyl (C=O) groups is 1. The van der Waals surface area contributed by atoms with E-state index in [0.717, 1.165) is 5.69 Å². The first-order valence-corrected chi connectivity index (χ1v) is 12.6. The Kier molecular flexibility index (Phi) is 6.83. The largest absolute Gasteiger partial charge is 0.475 e. The lowest BCUT2D eigenvalue weighted by molar-refractivity contribution is -0.152. The Morgan fingerprint density at radius 3 is 2.85 bits per heavy atom. The van der Waals surface area contributed by atoms with Crippen molar-refractivity contribution in [2.24, 2.45) is 5.92 Å². The molecule has 4 heterocycles. The van der Waals surface area contributed by atoms with Crippen LogP contribution in [0.2, 0.25) is 0 Å². The van der Waals surface area contributed by atoms with Crippen LogP contribution < -0.4 is 0 Å². The van der Waals surface area contributed by atoms with Gasteiger partial charge in [0.2, 0.25) is 0 Å². The maximum Gasteiger partial charge on any atom is 0.475 e. The summed E-state index contributed by atoms with van der Waals surface area (Å²) in [7, 11) is -3.90. The monoisotopic (exact) mass is 502 g/mol. The molecule has 2 fully saturated rings. The van der Waals surface area contributed by atoms with E-state index in [1.165, 1.54) is 6.33 Å². The summed E-state index contributed by atoms with van der Waals surface area (Å²) in [5, 5.41) is 0. The maximum atomic E-state index is 13.1. The molecule has 2 aliphatic heterocycles. The van der Waals surface area contributed by atoms with E-state index in [0.29, 0.717) is 17.6 Å². The summed E-state index contributed by atoms with van der Waals surface area (Å²) in [5.41, 5.74) is 1.94. The predicted octanol–water partition coefficient (Wildman–Crippen LogP) is 3.55. The molecule has 2 aromatic rings. The van der Waals surface area contributed by atoms with Crippen LogP contribution in [0.1, 0.15) is 46.0 Å². The summed E-state index contributed by atoms with van der Waals surface area (Å²) in [5.74, 6) is -0.765. The SMILES string of the molecule is Cc1ncnc2c1ncn2[C@@H]1O[C@@H]2CO[P@@](=O)(OCC[C@H](C)C(=O)OC(C)C)O[C@H]2[C@@]1(C)Cl. The summed E-state index contributed by atoms with van der Waals surface area (Å²) in [6, 6.07) is 0. The van der Waals surface area contributed by atoms with Crippen LogP contribution in [0.3, 0.4) is 0 Å². The summed E-state index contributed by atoms with van der Waals surface area (Å²) < 4.78 is 42.7. The van der Waals surface area contributed by atoms with Crippen molar-refractivity contribution in [3.8, 4) is 0 Å². The minimum absolute atomic E-state index is 0.00529. The highest BCUT2D eigenvalue weighted by Gasteiger charge is 2.60. The van der Waals surface area contributed by atoms with Crippen LogP contribution >= 0.6 is 19.4 Å². The second-order valence-corrected chi connectivity index (χ2v) is 11.2. The zero-order valence-electron chi connectivity index (χ0n) is 19.1. The van der Waals surface area contributed by atoms with Gasteiger partial charge in [-0.05, 0) is 34.1 Å². The number of phosphoric ester groups is 1. The molecule has 13 heteroatoms. The average molecular weight is 503 g/mol. The van der Waals surface area contributed by atoms with Crippen LogP contribution in [-0.4, -0.2) is 61.9 Å². The smallest absolute Gasteiger partial charge is 0.463 e. The summed E-state index contributed by atoms with van der Waals surface area (Å²) in [6.45, 7) is 8.82. The molecule has 0 radical (unpaired) electrons. The number of esters is 1. The van der Waals surface area contributed by atoms with Crippen LogP contribution in [0.4, 0.5) is 0 Å². The van der Waals surface area contributed by atoms with E-state index in [1.54, 1.807) is 38.6 Å². The lowest BCUT2D eigenvalue weighted by Gasteiger charge is -2.34. The minimum atomic E-state index is -3.90. The molecular formula is C20H28ClN4O7P. The first-order chi connectivity index (χ1) is 15.5. The molecule has 0 unspecified atom stereocenters. The minimum Gasteiger partial charge on any atom is -0.463 e. The molecule has 0 spiro atoms. The number of nitrogens with zero attached hydrogens (tertiary/aromatic N) is 4. The molecule has 182 valence electrons. The highest BCUT2D eigenvalue weighted by molar-refractivity contribution is 7.48. The molecule has 0 aromatic carbocycles. The third-order valence-electron chi connectivity index (χ3n) is 5.67. The molecule has 4 rings (SSSR count). The van der Waals surface area contributed by atoms with Crippen molar-refractivity contribution in [3.63, 3.8) is 0 Å². The molecule has 11 nitrogen and oxygen atoms in total. The van der Waals surface area contributed by atoms with E-state index in [9.17, 15) is 9.36 Å². The molecule has 0 N–H and O–H groups in total. The molecule has 33 heavy (non-hydrogen) atoms. The molecule has 2 aromatic heterocycles. The Balaban J connectivity index is 1.43. The van der Waals surface area contributed by atoms with Gasteiger partial charge in [0.05, 0.1) is 37.3 Å². The van der Waals surface area contributed by atoms with Crippen LogP contribution in [0.5, 0.6) is 0 Å². The highest BCUT2D eigenvalue weighted by atomic mass is 35.5. The molecule has 2 aliphatic rings. The van der Waals surface area contributed by atoms with Crippen LogP contribution in [0.15, 0.2) is 12.7 Å². The quantitative estimate of drug-likeness (QED) is 0.315. The van der Waals surface area contributed by atoms with Crippen molar-refractivity contribution in [2.45, 2.75) is 70.5 Å². The van der Waals surface area contributed by atoms with E-state index >= 15 is 0 Å². The normalized spacial score (nSPS) is 32.8. The van der Waals surface area contributed by atoms with E-state index in [-0.39, 0.29) is 25.3 Å². The lowest BCUT2D eigenvalue weighted by Crippen LogP contribution is -2.44. The lowest BCUT2D eigenvalue weighted by atomic mass is 10.0. The number of phosphoric acid groups is 1. The van der Waals surface area contributed by atoms with E-state index in [4.69, 9.17) is 34.6 Å². The van der Waals surface area contributed by atoms with Crippen molar-refractivity contribution in [3.05, 3.63) is 18.3 Å². The van der Waals surface area contributed by atoms with E-state index in [1.807, 2.05) is 6.92 Å². The van der Waals surface area contributed by atoms with Crippen molar-refractivity contribution < 1.29 is 32.4 Å². The molecule has 0 amide bonds. The Labute approximate surface area is 196 Å². The van der Waals surface area contributed by atoms with Gasteiger partial charge in [-0.2, -0.15) is 0 Å². The number of carbonyl (C=O) groups excluding carboxylic acids is 1. The number of hydrogen-bond acceptors (Lipinski definition) is 10. The zero-order chi connectivity index (χ0) is 24.0. The van der Waals surface area contributed by atoms with Gasteiger partial charge in [-0.15, -0.1) is 11.6 Å². The molecule has 0 aliphatic carbocycles. The van der Waals surface area contributed by atoms with Gasteiger partial charge in [0.15, 0.2) is 11.9 Å². The fourth-order valence-corrected chi connectivity index (χ4v) is 5.75. The Morgan fingerprint density at radius 2 is 2.12 bits per heavy atom. The topological polar surface area (TPSA) is 124 Å². The fourth-order valence-electron chi connectivity index (χ4n) is 3.86. The Bertz CT molecular complexity index is 1080. The third kappa shape index (κ3) is 4.80. The number of aryl methyl sites for hydroxylation is 1. The van der Waals surface area contributed by atoms with Crippen LogP contribution in [-0.2, 0) is 32.4 Å². The first kappa shape index (κ1) is 24.5. The number of halogens is 1. The van der Waals surface area contributed by atoms with Gasteiger partial charge in [-0.25, -0.2) is 19.5 Å². The van der Waals surface area contributed by atoms with Crippen molar-refractivity contribution in [1.29, 1.82) is 0 Å². The van der Waals surface area contributed by atoms with Crippen molar-refractivity contribution >= 4 is 36.6 Å². The van der Waals surface area contributed by atoms with Crippen molar-refractivity contribution in [1.82, 2.24) is 19.5 Å². The van der Waals surface area contributed by atoms with Gasteiger partial charge in [0.1, 0.15) is 28.9 Å². The number of fused-ring (bicyclic) bond motifs is 2. The summed E-state index contributed by atoms with van der Waals surface area (Å²) >= 11 is 6.91. The van der Waals surface area contributed by atoms with Crippen molar-refractivity contribution in [2.75, 3.05) is 13.2 Å². The van der Waals surface area contributed by atoms with E-state index in [2.05, 4.69) is 15.0 Å². The number of hydrogen-bond donors (Lipinski definition) is 0. The van der Waals surface area contributed by atoms with Gasteiger partial charge in [-0.1, -0.05) is 6.92 Å². The number of aromatic nitrogens is 4. The molecular weight excluding hydrogens is 475 g/mol. The number of alkyl halides is 1. The summed E-state index contributed by atoms with van der Waals surface area (Å²) in [4.78, 5) is 23.7. The summed E-state index contributed by atoms with van der Waals surface area (Å²) in [6.07, 6.45) is 1.09. The standard InChI is InChI=1S/C20H28ClN4O7P/c1-11(2)30-18(26)12(3)6-7-28-33(27)29-8-14-16(32-33)20(5,21)19(31-14)25-10-24-15-13(4)22-9-23-17(15)25/h9-12,14,16,19H,6-8H2,1-5H3/t12-,14+,16+,19+,20+,33+/m0/s1. The van der Waals surface area contributed by atoms with Crippen LogP contribution in [0.25, 0.3) is 11.2 Å². The number of ether oxygens (including phenoxy) is 2. The first-order valence-electron chi connectivity index (χ1n) is 10.8. The van der Waals surface area contributed by atoms with E-state index < -0.39 is 37.1 Å². The third-order valence-corrected chi connectivity index (χ3v) is 7.52. The van der Waals surface area contributed by atoms with Crippen LogP contribution in [0, 0.1) is 12.8 Å². The molecule has 0 saturated carbocycles. The van der Waals surface area contributed by atoms with Gasteiger partial charge in [0.25, 0.3) is 0 Å². The maximum absolute atomic E-state index is 13.1. The van der Waals surface area contributed by atoms with Gasteiger partial charge in [0, 0.05) is 0 Å². The van der Waals surface area contributed by atoms with Gasteiger partial charge < -0.3 is 9.47 Å². The molecule has 2 saturated heterocycles. The molecule has 6 atom stereocenters. The average Bonchev–Trinajstić information content (AvgIpc) is 3.27. The zero-order valence-corrected chi connectivity index (χ0v) is 20.8. The highest BCUT2D eigenvalue weighted by Crippen LogP contribution is 2.60. The number of rotatable bonds is 7. The van der Waals surface area contributed by atoms with Gasteiger partial charge in [-0.3, -0.25) is 22.9 Å². The second-order valence-electron chi connectivity index (χ2n) is 8.74.